The van der Waals surface area contributed by atoms with Crippen molar-refractivity contribution in [3.63, 3.8) is 0 Å². The minimum Gasteiger partial charge on any atom is -0.334 e. The average molecular weight is 395 g/mol. The quantitative estimate of drug-likeness (QED) is 0.533. The Labute approximate surface area is 170 Å². The summed E-state index contributed by atoms with van der Waals surface area (Å²) in [7, 11) is 0. The van der Waals surface area contributed by atoms with Crippen LogP contribution in [-0.2, 0) is 13.1 Å². The molecule has 144 valence electrons. The molecule has 3 rings (SSSR count). The molecule has 3 aromatic rings. The number of aromatic nitrogens is 1. The standard InChI is InChI=1S/C22H23ClN4O/c1-16(25-15-21-4-2-3-13-24-21)18-7-11-20(12-8-18)27-22(28)26-14-17-5-9-19(23)10-6-17/h2-13,16,25H,14-15H2,1H3,(H2,26,27,28)/t16-/m0/s1. The van der Waals surface area contributed by atoms with Gasteiger partial charge in [-0.25, -0.2) is 4.79 Å². The van der Waals surface area contributed by atoms with Crippen molar-refractivity contribution in [2.75, 3.05) is 5.32 Å². The van der Waals surface area contributed by atoms with Crippen LogP contribution in [0, 0.1) is 0 Å². The van der Waals surface area contributed by atoms with E-state index in [0.29, 0.717) is 18.1 Å². The monoisotopic (exact) mass is 394 g/mol. The van der Waals surface area contributed by atoms with E-state index < -0.39 is 0 Å². The van der Waals surface area contributed by atoms with Crippen molar-refractivity contribution in [1.82, 2.24) is 15.6 Å². The Balaban J connectivity index is 1.46. The summed E-state index contributed by atoms with van der Waals surface area (Å²) < 4.78 is 0. The third kappa shape index (κ3) is 6.08. The van der Waals surface area contributed by atoms with E-state index in [0.717, 1.165) is 22.5 Å². The number of anilines is 1. The molecule has 0 aliphatic heterocycles. The molecule has 0 saturated heterocycles. The number of hydrogen-bond acceptors (Lipinski definition) is 3. The second-order valence-corrected chi connectivity index (χ2v) is 6.92. The SMILES string of the molecule is C[C@H](NCc1ccccn1)c1ccc(NC(=O)NCc2ccc(Cl)cc2)cc1. The largest absolute Gasteiger partial charge is 0.334 e. The van der Waals surface area contributed by atoms with E-state index in [-0.39, 0.29) is 12.1 Å². The Kier molecular flexibility index (Phi) is 7.00. The molecule has 0 unspecified atom stereocenters. The van der Waals surface area contributed by atoms with Crippen molar-refractivity contribution in [1.29, 1.82) is 0 Å². The minimum atomic E-state index is -0.246. The number of benzene rings is 2. The van der Waals surface area contributed by atoms with E-state index in [1.807, 2.05) is 54.6 Å². The van der Waals surface area contributed by atoms with Crippen molar-refractivity contribution in [2.45, 2.75) is 26.1 Å². The van der Waals surface area contributed by atoms with Crippen molar-refractivity contribution in [3.05, 3.63) is 94.8 Å². The summed E-state index contributed by atoms with van der Waals surface area (Å²) in [6, 6.07) is 21.0. The molecule has 5 nitrogen and oxygen atoms in total. The van der Waals surface area contributed by atoms with Gasteiger partial charge in [-0.1, -0.05) is 41.9 Å². The summed E-state index contributed by atoms with van der Waals surface area (Å²) in [5, 5.41) is 9.80. The highest BCUT2D eigenvalue weighted by molar-refractivity contribution is 6.30. The van der Waals surface area contributed by atoms with Gasteiger partial charge in [0.25, 0.3) is 0 Å². The van der Waals surface area contributed by atoms with Crippen molar-refractivity contribution in [3.8, 4) is 0 Å². The van der Waals surface area contributed by atoms with Crippen LogP contribution in [0.3, 0.4) is 0 Å². The third-order valence-corrected chi connectivity index (χ3v) is 4.60. The lowest BCUT2D eigenvalue weighted by atomic mass is 10.1. The fourth-order valence-corrected chi connectivity index (χ4v) is 2.82. The lowest BCUT2D eigenvalue weighted by Gasteiger charge is -2.15. The number of carbonyl (C=O) groups is 1. The maximum Gasteiger partial charge on any atom is 0.319 e. The molecule has 0 spiro atoms. The predicted molar refractivity (Wildman–Crippen MR) is 113 cm³/mol. The maximum absolute atomic E-state index is 12.1. The molecular weight excluding hydrogens is 372 g/mol. The molecule has 1 aromatic heterocycles. The number of amides is 2. The highest BCUT2D eigenvalue weighted by Crippen LogP contribution is 2.16. The van der Waals surface area contributed by atoms with Gasteiger partial charge in [0.15, 0.2) is 0 Å². The highest BCUT2D eigenvalue weighted by atomic mass is 35.5. The number of nitrogens with zero attached hydrogens (tertiary/aromatic N) is 1. The first-order valence-electron chi connectivity index (χ1n) is 9.13. The van der Waals surface area contributed by atoms with Gasteiger partial charge in [0, 0.05) is 36.0 Å². The van der Waals surface area contributed by atoms with Crippen LogP contribution in [0.25, 0.3) is 0 Å². The molecule has 0 saturated carbocycles. The number of nitrogens with one attached hydrogen (secondary N) is 3. The minimum absolute atomic E-state index is 0.176. The zero-order valence-electron chi connectivity index (χ0n) is 15.7. The summed E-state index contributed by atoms with van der Waals surface area (Å²) in [5.74, 6) is 0. The summed E-state index contributed by atoms with van der Waals surface area (Å²) in [6.07, 6.45) is 1.79. The van der Waals surface area contributed by atoms with Gasteiger partial charge < -0.3 is 16.0 Å². The van der Waals surface area contributed by atoms with Gasteiger partial charge in [-0.2, -0.15) is 0 Å². The van der Waals surface area contributed by atoms with Crippen molar-refractivity contribution >= 4 is 23.3 Å². The molecule has 1 heterocycles. The highest BCUT2D eigenvalue weighted by Gasteiger charge is 2.07. The summed E-state index contributed by atoms with van der Waals surface area (Å²) in [5.41, 5.74) is 3.88. The van der Waals surface area contributed by atoms with Crippen LogP contribution in [0.2, 0.25) is 5.02 Å². The van der Waals surface area contributed by atoms with Gasteiger partial charge in [-0.3, -0.25) is 4.98 Å². The zero-order valence-corrected chi connectivity index (χ0v) is 16.4. The van der Waals surface area contributed by atoms with Gasteiger partial charge in [0.05, 0.1) is 5.69 Å². The third-order valence-electron chi connectivity index (χ3n) is 4.35. The number of hydrogen-bond donors (Lipinski definition) is 3. The average Bonchev–Trinajstić information content (AvgIpc) is 2.73. The van der Waals surface area contributed by atoms with Gasteiger partial charge in [-0.05, 0) is 54.4 Å². The molecule has 0 fully saturated rings. The second-order valence-electron chi connectivity index (χ2n) is 6.48. The Bertz CT molecular complexity index is 883. The Morgan fingerprint density at radius 1 is 1.00 bits per heavy atom. The smallest absolute Gasteiger partial charge is 0.319 e. The Morgan fingerprint density at radius 2 is 1.75 bits per heavy atom. The van der Waals surface area contributed by atoms with Crippen LogP contribution in [-0.4, -0.2) is 11.0 Å². The molecule has 0 radical (unpaired) electrons. The maximum atomic E-state index is 12.1. The van der Waals surface area contributed by atoms with E-state index in [2.05, 4.69) is 27.9 Å². The number of carbonyl (C=O) groups excluding carboxylic acids is 1. The van der Waals surface area contributed by atoms with E-state index in [4.69, 9.17) is 11.6 Å². The van der Waals surface area contributed by atoms with Crippen LogP contribution in [0.1, 0.15) is 29.8 Å². The molecule has 0 aliphatic rings. The summed E-state index contributed by atoms with van der Waals surface area (Å²) >= 11 is 5.86. The lowest BCUT2D eigenvalue weighted by molar-refractivity contribution is 0.251. The Morgan fingerprint density at radius 3 is 2.43 bits per heavy atom. The Hall–Kier alpha value is -2.89. The molecular formula is C22H23ClN4O. The first kappa shape index (κ1) is 19.9. The first-order chi connectivity index (χ1) is 13.6. The van der Waals surface area contributed by atoms with Gasteiger partial charge in [0.2, 0.25) is 0 Å². The fraction of sp³-hybridized carbons (Fsp3) is 0.182. The summed E-state index contributed by atoms with van der Waals surface area (Å²) in [4.78, 5) is 16.4. The van der Waals surface area contributed by atoms with Crippen molar-refractivity contribution in [2.24, 2.45) is 0 Å². The van der Waals surface area contributed by atoms with Crippen LogP contribution in [0.4, 0.5) is 10.5 Å². The molecule has 0 aliphatic carbocycles. The van der Waals surface area contributed by atoms with E-state index >= 15 is 0 Å². The van der Waals surface area contributed by atoms with Gasteiger partial charge in [0.1, 0.15) is 0 Å². The molecule has 2 aromatic carbocycles. The molecule has 6 heteroatoms. The lowest BCUT2D eigenvalue weighted by Crippen LogP contribution is -2.28. The van der Waals surface area contributed by atoms with E-state index in [9.17, 15) is 4.79 Å². The van der Waals surface area contributed by atoms with Gasteiger partial charge >= 0.3 is 6.03 Å². The van der Waals surface area contributed by atoms with Gasteiger partial charge in [-0.15, -0.1) is 0 Å². The fourth-order valence-electron chi connectivity index (χ4n) is 2.69. The number of urea groups is 1. The molecule has 2 amide bonds. The zero-order chi connectivity index (χ0) is 19.8. The van der Waals surface area contributed by atoms with E-state index in [1.54, 1.807) is 18.3 Å². The van der Waals surface area contributed by atoms with Crippen molar-refractivity contribution < 1.29 is 4.79 Å². The topological polar surface area (TPSA) is 66.0 Å². The first-order valence-corrected chi connectivity index (χ1v) is 9.50. The molecule has 0 bridgehead atoms. The van der Waals surface area contributed by atoms with Crippen LogP contribution in [0.5, 0.6) is 0 Å². The number of pyridine rings is 1. The molecule has 28 heavy (non-hydrogen) atoms. The summed E-state index contributed by atoms with van der Waals surface area (Å²) in [6.45, 7) is 3.24. The predicted octanol–water partition coefficient (Wildman–Crippen LogP) is 4.91. The normalized spacial score (nSPS) is 11.6. The van der Waals surface area contributed by atoms with Crippen LogP contribution < -0.4 is 16.0 Å². The second kappa shape index (κ2) is 9.88. The van der Waals surface area contributed by atoms with Crippen LogP contribution in [0.15, 0.2) is 72.9 Å². The van der Waals surface area contributed by atoms with E-state index in [1.165, 1.54) is 0 Å². The molecule has 1 atom stereocenters. The number of rotatable bonds is 7. The number of halogens is 1. The van der Waals surface area contributed by atoms with Crippen LogP contribution >= 0.6 is 11.6 Å². The molecule has 3 N–H and O–H groups in total.